The van der Waals surface area contributed by atoms with Gasteiger partial charge in [-0.1, -0.05) is 27.7 Å². The van der Waals surface area contributed by atoms with Crippen molar-refractivity contribution in [1.29, 1.82) is 0 Å². The SMILES string of the molecule is BC(B)(C)N1CCCC(CC(C)(C)C)C1. The van der Waals surface area contributed by atoms with E-state index in [1.54, 1.807) is 0 Å². The Balaban J connectivity index is 2.50. The highest BCUT2D eigenvalue weighted by Gasteiger charge is 2.29. The van der Waals surface area contributed by atoms with Gasteiger partial charge in [-0.05, 0) is 49.0 Å². The zero-order valence-electron chi connectivity index (χ0n) is 11.6. The molecule has 1 unspecified atom stereocenters. The second-order valence-electron chi connectivity index (χ2n) is 7.39. The second kappa shape index (κ2) is 4.53. The molecule has 0 aromatic rings. The van der Waals surface area contributed by atoms with Gasteiger partial charge in [0.2, 0.25) is 0 Å². The molecule has 1 saturated heterocycles. The first kappa shape index (κ1) is 13.2. The van der Waals surface area contributed by atoms with E-state index >= 15 is 0 Å². The van der Waals surface area contributed by atoms with Crippen molar-refractivity contribution in [3.05, 3.63) is 0 Å². The monoisotopic (exact) mass is 207 g/mol. The van der Waals surface area contributed by atoms with Gasteiger partial charge < -0.3 is 4.90 Å². The highest BCUT2D eigenvalue weighted by atomic mass is 15.2. The third-order valence-corrected chi connectivity index (χ3v) is 3.37. The number of rotatable bonds is 2. The molecular formula is C12H27B2N. The highest BCUT2D eigenvalue weighted by Crippen LogP contribution is 2.31. The van der Waals surface area contributed by atoms with Crippen molar-refractivity contribution >= 4 is 15.7 Å². The molecule has 1 rings (SSSR count). The zero-order chi connectivity index (χ0) is 11.7. The van der Waals surface area contributed by atoms with Crippen molar-refractivity contribution in [3.63, 3.8) is 0 Å². The quantitative estimate of drug-likeness (QED) is 0.612. The Hall–Kier alpha value is 0.0899. The summed E-state index contributed by atoms with van der Waals surface area (Å²) in [5, 5.41) is 0.358. The Morgan fingerprint density at radius 1 is 1.20 bits per heavy atom. The Morgan fingerprint density at radius 3 is 2.27 bits per heavy atom. The smallest absolute Gasteiger partial charge is 0.116 e. The molecule has 1 atom stereocenters. The molecule has 86 valence electrons. The van der Waals surface area contributed by atoms with Crippen LogP contribution in [0.2, 0.25) is 0 Å². The number of nitrogens with zero attached hydrogens (tertiary/aromatic N) is 1. The van der Waals surface area contributed by atoms with Crippen molar-refractivity contribution in [3.8, 4) is 0 Å². The fraction of sp³-hybridized carbons (Fsp3) is 1.00. The molecule has 0 bridgehead atoms. The summed E-state index contributed by atoms with van der Waals surface area (Å²) in [5.74, 6) is 0.915. The standard InChI is InChI=1S/C12H27B2N/c1-11(2,3)8-10-6-5-7-15(9-10)12(4,13)14/h10H,5-9,13-14H2,1-4H3. The molecule has 1 aliphatic heterocycles. The van der Waals surface area contributed by atoms with Gasteiger partial charge in [-0.2, -0.15) is 0 Å². The number of piperidine rings is 1. The van der Waals surface area contributed by atoms with Gasteiger partial charge in [0.25, 0.3) is 0 Å². The average molecular weight is 207 g/mol. The predicted molar refractivity (Wildman–Crippen MR) is 73.9 cm³/mol. The molecule has 1 nitrogen and oxygen atoms in total. The minimum atomic E-state index is 0.358. The molecule has 0 aliphatic carbocycles. The normalized spacial score (nSPS) is 25.5. The summed E-state index contributed by atoms with van der Waals surface area (Å²) in [7, 11) is 4.68. The molecule has 1 heterocycles. The van der Waals surface area contributed by atoms with E-state index in [1.165, 1.54) is 32.4 Å². The van der Waals surface area contributed by atoms with E-state index in [0.717, 1.165) is 5.92 Å². The van der Waals surface area contributed by atoms with Crippen LogP contribution in [0.25, 0.3) is 0 Å². The van der Waals surface area contributed by atoms with Gasteiger partial charge in [-0.25, -0.2) is 0 Å². The Kier molecular flexibility index (Phi) is 3.97. The lowest BCUT2D eigenvalue weighted by Gasteiger charge is -2.43. The van der Waals surface area contributed by atoms with E-state index in [4.69, 9.17) is 0 Å². The van der Waals surface area contributed by atoms with Crippen LogP contribution in [0.1, 0.15) is 47.0 Å². The molecule has 0 aromatic carbocycles. The number of hydrogen-bond acceptors (Lipinski definition) is 1. The minimum Gasteiger partial charge on any atom is -0.313 e. The molecule has 0 aromatic heterocycles. The van der Waals surface area contributed by atoms with Crippen LogP contribution in [0, 0.1) is 11.3 Å². The highest BCUT2D eigenvalue weighted by molar-refractivity contribution is 6.39. The largest absolute Gasteiger partial charge is 0.313 e. The molecule has 0 N–H and O–H groups in total. The van der Waals surface area contributed by atoms with Crippen LogP contribution in [-0.4, -0.2) is 39.0 Å². The van der Waals surface area contributed by atoms with Crippen LogP contribution in [0.5, 0.6) is 0 Å². The summed E-state index contributed by atoms with van der Waals surface area (Å²) in [6.45, 7) is 12.0. The summed E-state index contributed by atoms with van der Waals surface area (Å²) < 4.78 is 0. The van der Waals surface area contributed by atoms with Gasteiger partial charge in [0.15, 0.2) is 0 Å². The van der Waals surface area contributed by atoms with Crippen LogP contribution in [0.3, 0.4) is 0 Å². The summed E-state index contributed by atoms with van der Waals surface area (Å²) in [6.07, 6.45) is 4.20. The Bertz CT molecular complexity index is 203. The van der Waals surface area contributed by atoms with E-state index in [2.05, 4.69) is 48.3 Å². The lowest BCUT2D eigenvalue weighted by atomic mass is 9.61. The van der Waals surface area contributed by atoms with Gasteiger partial charge in [0.05, 0.1) is 0 Å². The van der Waals surface area contributed by atoms with Gasteiger partial charge in [-0.15, -0.1) is 0 Å². The fourth-order valence-corrected chi connectivity index (χ4v) is 2.71. The van der Waals surface area contributed by atoms with Crippen molar-refractivity contribution in [2.75, 3.05) is 13.1 Å². The third-order valence-electron chi connectivity index (χ3n) is 3.37. The second-order valence-corrected chi connectivity index (χ2v) is 7.39. The first-order chi connectivity index (χ1) is 6.68. The van der Waals surface area contributed by atoms with E-state index in [9.17, 15) is 0 Å². The van der Waals surface area contributed by atoms with E-state index < -0.39 is 0 Å². The van der Waals surface area contributed by atoms with Crippen molar-refractivity contribution < 1.29 is 0 Å². The molecule has 1 fully saturated rings. The van der Waals surface area contributed by atoms with E-state index in [-0.39, 0.29) is 0 Å². The van der Waals surface area contributed by atoms with Crippen LogP contribution < -0.4 is 0 Å². The van der Waals surface area contributed by atoms with Crippen molar-refractivity contribution in [2.45, 2.75) is 52.3 Å². The number of hydrogen-bond donors (Lipinski definition) is 0. The first-order valence-electron chi connectivity index (χ1n) is 6.43. The van der Waals surface area contributed by atoms with E-state index in [0.29, 0.717) is 10.8 Å². The van der Waals surface area contributed by atoms with Crippen LogP contribution in [0.4, 0.5) is 0 Å². The van der Waals surface area contributed by atoms with Crippen molar-refractivity contribution in [1.82, 2.24) is 4.90 Å². The molecule has 0 saturated carbocycles. The fourth-order valence-electron chi connectivity index (χ4n) is 2.71. The lowest BCUT2D eigenvalue weighted by molar-refractivity contribution is 0.120. The minimum absolute atomic E-state index is 0.358. The maximum absolute atomic E-state index is 2.66. The molecule has 0 amide bonds. The molecule has 1 aliphatic rings. The van der Waals surface area contributed by atoms with Gasteiger partial charge >= 0.3 is 0 Å². The van der Waals surface area contributed by atoms with E-state index in [1.807, 2.05) is 0 Å². The topological polar surface area (TPSA) is 3.24 Å². The maximum atomic E-state index is 2.66. The van der Waals surface area contributed by atoms with Crippen LogP contribution >= 0.6 is 0 Å². The lowest BCUT2D eigenvalue weighted by Crippen LogP contribution is -2.52. The maximum Gasteiger partial charge on any atom is 0.116 e. The van der Waals surface area contributed by atoms with Gasteiger partial charge in [-0.3, -0.25) is 0 Å². The van der Waals surface area contributed by atoms with Crippen LogP contribution in [-0.2, 0) is 0 Å². The third kappa shape index (κ3) is 4.63. The molecule has 3 heteroatoms. The Labute approximate surface area is 97.8 Å². The summed E-state index contributed by atoms with van der Waals surface area (Å²) in [4.78, 5) is 2.66. The van der Waals surface area contributed by atoms with Gasteiger partial charge in [0.1, 0.15) is 15.7 Å². The average Bonchev–Trinajstić information content (AvgIpc) is 1.99. The van der Waals surface area contributed by atoms with Crippen LogP contribution in [0.15, 0.2) is 0 Å². The number of likely N-dealkylation sites (tertiary alicyclic amines) is 1. The molecular weight excluding hydrogens is 180 g/mol. The molecule has 0 spiro atoms. The molecule has 0 radical (unpaired) electrons. The summed E-state index contributed by atoms with van der Waals surface area (Å²) in [5.41, 5.74) is 0.492. The molecule has 15 heavy (non-hydrogen) atoms. The van der Waals surface area contributed by atoms with Crippen molar-refractivity contribution in [2.24, 2.45) is 11.3 Å². The summed E-state index contributed by atoms with van der Waals surface area (Å²) >= 11 is 0. The zero-order valence-corrected chi connectivity index (χ0v) is 11.6. The van der Waals surface area contributed by atoms with Gasteiger partial charge in [0, 0.05) is 0 Å². The first-order valence-corrected chi connectivity index (χ1v) is 6.43. The summed E-state index contributed by atoms with van der Waals surface area (Å²) in [6, 6.07) is 0. The Morgan fingerprint density at radius 2 is 1.80 bits per heavy atom. The predicted octanol–water partition coefficient (Wildman–Crippen LogP) is 1.07.